The fraction of sp³-hybridized carbons (Fsp3) is 0.250. The molecule has 0 aliphatic carbocycles. The monoisotopic (exact) mass is 332 g/mol. The second-order valence-electron chi connectivity index (χ2n) is 6.41. The Labute approximate surface area is 146 Å². The number of amides is 1. The minimum Gasteiger partial charge on any atom is -0.327 e. The quantitative estimate of drug-likeness (QED) is 0.797. The average Bonchev–Trinajstić information content (AvgIpc) is 3.12. The van der Waals surface area contributed by atoms with Crippen molar-refractivity contribution in [1.82, 2.24) is 14.5 Å². The molecule has 126 valence electrons. The smallest absolute Gasteiger partial charge is 0.228 e. The molecular weight excluding hydrogens is 312 g/mol. The van der Waals surface area contributed by atoms with Gasteiger partial charge in [0.1, 0.15) is 0 Å². The van der Waals surface area contributed by atoms with Crippen LogP contribution in [0.15, 0.2) is 61.3 Å². The van der Waals surface area contributed by atoms with Crippen LogP contribution in [0.3, 0.4) is 0 Å². The van der Waals surface area contributed by atoms with Crippen LogP contribution in [-0.4, -0.2) is 20.4 Å². The second-order valence-corrected chi connectivity index (χ2v) is 6.41. The standard InChI is InChI=1S/C20H20N4O/c25-20(11-15-3-2-10-21-12-15)23-17-8-6-16(7-9-17)19-5-1-4-18-13-22-14-24(18)19/h2-3,6-10,12-14,19H,1,4-5,11H2,(H,23,25)/t19-/m1/s1. The molecule has 1 aliphatic rings. The van der Waals surface area contributed by atoms with Crippen LogP contribution in [0.5, 0.6) is 0 Å². The molecule has 0 saturated carbocycles. The Morgan fingerprint density at radius 1 is 1.16 bits per heavy atom. The van der Waals surface area contributed by atoms with Gasteiger partial charge in [-0.1, -0.05) is 18.2 Å². The highest BCUT2D eigenvalue weighted by Gasteiger charge is 2.20. The van der Waals surface area contributed by atoms with Gasteiger partial charge in [0.05, 0.1) is 18.8 Å². The topological polar surface area (TPSA) is 59.8 Å². The molecule has 5 heteroatoms. The van der Waals surface area contributed by atoms with Crippen LogP contribution in [0.1, 0.15) is 35.7 Å². The summed E-state index contributed by atoms with van der Waals surface area (Å²) < 4.78 is 2.26. The van der Waals surface area contributed by atoms with Crippen molar-refractivity contribution < 1.29 is 4.79 Å². The summed E-state index contributed by atoms with van der Waals surface area (Å²) in [6.07, 6.45) is 11.0. The number of hydrogen-bond donors (Lipinski definition) is 1. The third-order valence-corrected chi connectivity index (χ3v) is 4.66. The Hall–Kier alpha value is -2.95. The van der Waals surface area contributed by atoms with Crippen LogP contribution >= 0.6 is 0 Å². The fourth-order valence-corrected chi connectivity index (χ4v) is 3.43. The molecule has 3 heterocycles. The summed E-state index contributed by atoms with van der Waals surface area (Å²) in [7, 11) is 0. The number of rotatable bonds is 4. The predicted molar refractivity (Wildman–Crippen MR) is 96.3 cm³/mol. The molecule has 1 N–H and O–H groups in total. The van der Waals surface area contributed by atoms with Crippen LogP contribution < -0.4 is 5.32 Å². The molecule has 3 aromatic rings. The van der Waals surface area contributed by atoms with Crippen LogP contribution in [-0.2, 0) is 17.6 Å². The van der Waals surface area contributed by atoms with Gasteiger partial charge in [-0.25, -0.2) is 4.98 Å². The lowest BCUT2D eigenvalue weighted by Gasteiger charge is -2.26. The molecule has 0 bridgehead atoms. The zero-order chi connectivity index (χ0) is 17.1. The van der Waals surface area contributed by atoms with Gasteiger partial charge >= 0.3 is 0 Å². The number of benzene rings is 1. The van der Waals surface area contributed by atoms with Crippen molar-refractivity contribution in [3.05, 3.63) is 78.1 Å². The summed E-state index contributed by atoms with van der Waals surface area (Å²) >= 11 is 0. The first-order valence-corrected chi connectivity index (χ1v) is 8.59. The van der Waals surface area contributed by atoms with Gasteiger partial charge in [-0.2, -0.15) is 0 Å². The number of hydrogen-bond acceptors (Lipinski definition) is 3. The number of anilines is 1. The van der Waals surface area contributed by atoms with Crippen LogP contribution in [0.2, 0.25) is 0 Å². The van der Waals surface area contributed by atoms with Gasteiger partial charge in [0.15, 0.2) is 0 Å². The van der Waals surface area contributed by atoms with Crippen molar-refractivity contribution in [1.29, 1.82) is 0 Å². The SMILES string of the molecule is O=C(Cc1cccnc1)Nc1ccc([C@H]2CCCc3cncn32)cc1. The van der Waals surface area contributed by atoms with E-state index in [1.54, 1.807) is 12.4 Å². The lowest BCUT2D eigenvalue weighted by Crippen LogP contribution is -2.18. The minimum absolute atomic E-state index is 0.0321. The highest BCUT2D eigenvalue weighted by molar-refractivity contribution is 5.92. The van der Waals surface area contributed by atoms with Gasteiger partial charge in [-0.15, -0.1) is 0 Å². The molecule has 1 aliphatic heterocycles. The second kappa shape index (κ2) is 6.89. The number of aryl methyl sites for hydroxylation is 1. The lowest BCUT2D eigenvalue weighted by atomic mass is 9.96. The van der Waals surface area contributed by atoms with Crippen molar-refractivity contribution in [2.24, 2.45) is 0 Å². The van der Waals surface area contributed by atoms with Crippen molar-refractivity contribution >= 4 is 11.6 Å². The Bertz CT molecular complexity index is 855. The van der Waals surface area contributed by atoms with Crippen LogP contribution in [0.4, 0.5) is 5.69 Å². The number of nitrogens with zero attached hydrogens (tertiary/aromatic N) is 3. The Morgan fingerprint density at radius 2 is 2.04 bits per heavy atom. The highest BCUT2D eigenvalue weighted by atomic mass is 16.1. The molecular formula is C20H20N4O. The molecule has 4 rings (SSSR count). The molecule has 0 saturated heterocycles. The number of carbonyl (C=O) groups is 1. The van der Waals surface area contributed by atoms with E-state index in [0.717, 1.165) is 24.1 Å². The van der Waals surface area contributed by atoms with Gasteiger partial charge in [0.25, 0.3) is 0 Å². The van der Waals surface area contributed by atoms with E-state index in [1.165, 1.54) is 17.7 Å². The maximum absolute atomic E-state index is 12.1. The highest BCUT2D eigenvalue weighted by Crippen LogP contribution is 2.30. The normalized spacial score (nSPS) is 16.2. The van der Waals surface area contributed by atoms with Gasteiger partial charge in [0, 0.05) is 30.0 Å². The number of imidazole rings is 1. The van der Waals surface area contributed by atoms with Crippen molar-refractivity contribution in [2.45, 2.75) is 31.7 Å². The van der Waals surface area contributed by atoms with Crippen molar-refractivity contribution in [2.75, 3.05) is 5.32 Å². The lowest BCUT2D eigenvalue weighted by molar-refractivity contribution is -0.115. The summed E-state index contributed by atoms with van der Waals surface area (Å²) in [6, 6.07) is 12.2. The first kappa shape index (κ1) is 15.6. The molecule has 0 radical (unpaired) electrons. The maximum Gasteiger partial charge on any atom is 0.228 e. The summed E-state index contributed by atoms with van der Waals surface area (Å²) in [5, 5.41) is 2.95. The molecule has 1 amide bonds. The van der Waals surface area contributed by atoms with Gasteiger partial charge in [-0.3, -0.25) is 9.78 Å². The Balaban J connectivity index is 1.44. The van der Waals surface area contributed by atoms with Crippen LogP contribution in [0, 0.1) is 0 Å². The van der Waals surface area contributed by atoms with Crippen molar-refractivity contribution in [3.63, 3.8) is 0 Å². The van der Waals surface area contributed by atoms with E-state index in [4.69, 9.17) is 0 Å². The van der Waals surface area contributed by atoms with Gasteiger partial charge < -0.3 is 9.88 Å². The molecule has 1 atom stereocenters. The number of pyridine rings is 1. The van der Waals surface area contributed by atoms with Gasteiger partial charge in [-0.05, 0) is 48.6 Å². The van der Waals surface area contributed by atoms with Crippen LogP contribution in [0.25, 0.3) is 0 Å². The largest absolute Gasteiger partial charge is 0.327 e. The maximum atomic E-state index is 12.1. The molecule has 0 fully saturated rings. The van der Waals surface area contributed by atoms with E-state index in [9.17, 15) is 4.79 Å². The van der Waals surface area contributed by atoms with E-state index >= 15 is 0 Å². The first-order chi connectivity index (χ1) is 12.3. The fourth-order valence-electron chi connectivity index (χ4n) is 3.43. The van der Waals surface area contributed by atoms with E-state index in [0.29, 0.717) is 12.5 Å². The van der Waals surface area contributed by atoms with E-state index in [1.807, 2.05) is 36.8 Å². The number of carbonyl (C=O) groups excluding carboxylic acids is 1. The summed E-state index contributed by atoms with van der Waals surface area (Å²) in [5.74, 6) is -0.0321. The summed E-state index contributed by atoms with van der Waals surface area (Å²) in [6.45, 7) is 0. The molecule has 2 aromatic heterocycles. The number of nitrogens with one attached hydrogen (secondary N) is 1. The zero-order valence-corrected chi connectivity index (χ0v) is 13.9. The van der Waals surface area contributed by atoms with E-state index in [2.05, 4.69) is 32.0 Å². The van der Waals surface area contributed by atoms with Crippen molar-refractivity contribution in [3.8, 4) is 0 Å². The van der Waals surface area contributed by atoms with E-state index in [-0.39, 0.29) is 5.91 Å². The first-order valence-electron chi connectivity index (χ1n) is 8.59. The minimum atomic E-state index is -0.0321. The Morgan fingerprint density at radius 3 is 2.84 bits per heavy atom. The zero-order valence-electron chi connectivity index (χ0n) is 13.9. The molecule has 5 nitrogen and oxygen atoms in total. The third-order valence-electron chi connectivity index (χ3n) is 4.66. The van der Waals surface area contributed by atoms with E-state index < -0.39 is 0 Å². The predicted octanol–water partition coefficient (Wildman–Crippen LogP) is 3.39. The third kappa shape index (κ3) is 3.45. The number of aromatic nitrogens is 3. The molecule has 1 aromatic carbocycles. The molecule has 0 unspecified atom stereocenters. The summed E-state index contributed by atoms with van der Waals surface area (Å²) in [4.78, 5) is 20.5. The average molecular weight is 332 g/mol. The molecule has 25 heavy (non-hydrogen) atoms. The molecule has 0 spiro atoms. The Kier molecular flexibility index (Phi) is 4.29. The van der Waals surface area contributed by atoms with Gasteiger partial charge in [0.2, 0.25) is 5.91 Å². The number of fused-ring (bicyclic) bond motifs is 1. The summed E-state index contributed by atoms with van der Waals surface area (Å²) in [5.41, 5.74) is 4.28.